The molecule has 1 aromatic heterocycles. The van der Waals surface area contributed by atoms with E-state index in [9.17, 15) is 14.2 Å². The molecule has 13 heteroatoms. The Morgan fingerprint density at radius 2 is 2.28 bits per heavy atom. The maximum atomic E-state index is 12.3. The van der Waals surface area contributed by atoms with E-state index in [2.05, 4.69) is 19.3 Å². The summed E-state index contributed by atoms with van der Waals surface area (Å²) in [5.41, 5.74) is -2.34. The van der Waals surface area contributed by atoms with E-state index in [0.717, 1.165) is 11.7 Å². The molecule has 140 valence electrons. The van der Waals surface area contributed by atoms with Gasteiger partial charge in [0.25, 0.3) is 5.56 Å². The highest BCUT2D eigenvalue weighted by molar-refractivity contribution is 7.51. The first-order valence-corrected chi connectivity index (χ1v) is 8.79. The first kappa shape index (κ1) is 18.4. The van der Waals surface area contributed by atoms with E-state index in [1.807, 2.05) is 0 Å². The van der Waals surface area contributed by atoms with Crippen molar-refractivity contribution < 1.29 is 33.2 Å². The van der Waals surface area contributed by atoms with Gasteiger partial charge in [-0.15, -0.1) is 4.67 Å². The molecule has 5 atom stereocenters. The van der Waals surface area contributed by atoms with Crippen LogP contribution in [0.1, 0.15) is 6.23 Å². The first-order chi connectivity index (χ1) is 11.9. The molecule has 3 N–H and O–H groups in total. The molecule has 2 bridgehead atoms. The number of ether oxygens (including phenoxy) is 3. The number of hydrogen-bond donors (Lipinski definition) is 3. The maximum Gasteiger partial charge on any atom is 0.432 e. The van der Waals surface area contributed by atoms with Gasteiger partial charge in [-0.2, -0.15) is 0 Å². The summed E-state index contributed by atoms with van der Waals surface area (Å²) in [5, 5.41) is 11.4. The molecule has 3 rings (SSSR count). The summed E-state index contributed by atoms with van der Waals surface area (Å²) in [6, 6.07) is 0.383. The van der Waals surface area contributed by atoms with E-state index in [1.165, 1.54) is 19.4 Å². The lowest BCUT2D eigenvalue weighted by Crippen LogP contribution is -2.50. The molecule has 0 aliphatic carbocycles. The molecular formula is C12H18N3O9P. The quantitative estimate of drug-likeness (QED) is 0.307. The molecule has 0 aromatic carbocycles. The number of fused-ring (bicyclic) bond motifs is 2. The van der Waals surface area contributed by atoms with Gasteiger partial charge in [-0.3, -0.25) is 18.9 Å². The van der Waals surface area contributed by atoms with Crippen LogP contribution in [0.15, 0.2) is 21.9 Å². The summed E-state index contributed by atoms with van der Waals surface area (Å²) in [6.07, 6.45) is -0.432. The number of rotatable bonds is 7. The maximum absolute atomic E-state index is 12.3. The largest absolute Gasteiger partial charge is 0.432 e. The van der Waals surface area contributed by atoms with E-state index >= 15 is 0 Å². The molecule has 2 fully saturated rings. The van der Waals surface area contributed by atoms with Crippen molar-refractivity contribution in [2.75, 3.05) is 27.4 Å². The minimum Gasteiger partial charge on any atom is -0.382 e. The second kappa shape index (κ2) is 6.74. The van der Waals surface area contributed by atoms with Crippen molar-refractivity contribution in [1.82, 2.24) is 14.6 Å². The Hall–Kier alpha value is -1.37. The number of aromatic nitrogens is 2. The van der Waals surface area contributed by atoms with Crippen LogP contribution in [0.5, 0.6) is 0 Å². The lowest BCUT2D eigenvalue weighted by atomic mass is 9.98. The summed E-state index contributed by atoms with van der Waals surface area (Å²) in [5.74, 6) is 0. The van der Waals surface area contributed by atoms with Crippen LogP contribution >= 0.6 is 7.75 Å². The van der Waals surface area contributed by atoms with Gasteiger partial charge < -0.3 is 14.2 Å². The van der Waals surface area contributed by atoms with Gasteiger partial charge in [0.15, 0.2) is 6.23 Å². The Bertz CT molecular complexity index is 787. The second-order valence-electron chi connectivity index (χ2n) is 5.67. The number of nitrogens with one attached hydrogen (secondary N) is 2. The van der Waals surface area contributed by atoms with E-state index in [1.54, 1.807) is 0 Å². The molecule has 0 radical (unpaired) electrons. The third-order valence-corrected chi connectivity index (χ3v) is 5.50. The normalized spacial score (nSPS) is 33.5. The summed E-state index contributed by atoms with van der Waals surface area (Å²) in [4.78, 5) is 25.4. The predicted molar refractivity (Wildman–Crippen MR) is 81.0 cm³/mol. The minimum atomic E-state index is -4.02. The molecule has 2 aliphatic rings. The van der Waals surface area contributed by atoms with Crippen LogP contribution in [-0.2, 0) is 28.0 Å². The molecule has 0 spiro atoms. The van der Waals surface area contributed by atoms with Crippen molar-refractivity contribution >= 4 is 7.75 Å². The molecular weight excluding hydrogens is 361 g/mol. The fourth-order valence-electron chi connectivity index (χ4n) is 3.11. The van der Waals surface area contributed by atoms with Crippen molar-refractivity contribution in [3.63, 3.8) is 0 Å². The van der Waals surface area contributed by atoms with Gasteiger partial charge in [-0.05, 0) is 0 Å². The molecule has 1 aromatic rings. The fourth-order valence-corrected chi connectivity index (χ4v) is 4.05. The molecule has 0 amide bonds. The van der Waals surface area contributed by atoms with E-state index in [0.29, 0.717) is 0 Å². The van der Waals surface area contributed by atoms with Gasteiger partial charge in [0.05, 0.1) is 19.3 Å². The molecule has 12 nitrogen and oxygen atoms in total. The highest BCUT2D eigenvalue weighted by atomic mass is 31.2. The predicted octanol–water partition coefficient (Wildman–Crippen LogP) is -0.948. The monoisotopic (exact) mass is 379 g/mol. The van der Waals surface area contributed by atoms with Crippen LogP contribution in [-0.4, -0.2) is 60.0 Å². The molecule has 25 heavy (non-hydrogen) atoms. The van der Waals surface area contributed by atoms with Crippen LogP contribution in [0.3, 0.4) is 0 Å². The number of hydrogen-bond acceptors (Lipinski definition) is 9. The summed E-state index contributed by atoms with van der Waals surface area (Å²) >= 11 is 0. The smallest absolute Gasteiger partial charge is 0.382 e. The van der Waals surface area contributed by atoms with Gasteiger partial charge in [-0.25, -0.2) is 19.7 Å². The highest BCUT2D eigenvalue weighted by Gasteiger charge is 2.64. The van der Waals surface area contributed by atoms with E-state index in [-0.39, 0.29) is 13.2 Å². The van der Waals surface area contributed by atoms with Gasteiger partial charge in [0, 0.05) is 26.5 Å². The zero-order chi connectivity index (χ0) is 18.2. The Balaban J connectivity index is 1.97. The van der Waals surface area contributed by atoms with Gasteiger partial charge in [0.1, 0.15) is 11.7 Å². The number of H-pyrrole nitrogens is 1. The second-order valence-corrected chi connectivity index (χ2v) is 7.45. The van der Waals surface area contributed by atoms with Crippen molar-refractivity contribution in [2.24, 2.45) is 0 Å². The van der Waals surface area contributed by atoms with Crippen LogP contribution in [0, 0.1) is 0 Å². The summed E-state index contributed by atoms with van der Waals surface area (Å²) in [6.45, 7) is 0.137. The molecule has 1 unspecified atom stereocenters. The van der Waals surface area contributed by atoms with Gasteiger partial charge in [0.2, 0.25) is 0 Å². The van der Waals surface area contributed by atoms with Gasteiger partial charge >= 0.3 is 13.4 Å². The van der Waals surface area contributed by atoms with Crippen LogP contribution in [0.2, 0.25) is 0 Å². The molecule has 0 saturated carbocycles. The minimum absolute atomic E-state index is 0.0465. The summed E-state index contributed by atoms with van der Waals surface area (Å²) in [7, 11) is -1.49. The third-order valence-electron chi connectivity index (χ3n) is 4.21. The zero-order valence-electron chi connectivity index (χ0n) is 13.4. The van der Waals surface area contributed by atoms with Crippen LogP contribution in [0.4, 0.5) is 0 Å². The Morgan fingerprint density at radius 1 is 1.52 bits per heavy atom. The lowest BCUT2D eigenvalue weighted by molar-refractivity contribution is -0.188. The third kappa shape index (κ3) is 3.11. The Labute approximate surface area is 141 Å². The first-order valence-electron chi connectivity index (χ1n) is 7.24. The standard InChI is InChI=1S/C12H18N3O9P/c1-20-5-12-6-22-8(9(12)14-25(19,21-2)24-18)10(23-12)15-4-3-7(16)13-11(15)17/h3-4,8-10,18H,5-6H2,1-2H3,(H,14,19)(H,13,16,17)/t8-,9-,10+,12-,25?/m0/s1. The Kier molecular flexibility index (Phi) is 4.97. The van der Waals surface area contributed by atoms with E-state index in [4.69, 9.17) is 19.5 Å². The number of methoxy groups -OCH3 is 1. The topological polar surface area (TPSA) is 150 Å². The van der Waals surface area contributed by atoms with Crippen molar-refractivity contribution in [1.29, 1.82) is 0 Å². The van der Waals surface area contributed by atoms with E-state index < -0.39 is 43.0 Å². The number of aromatic amines is 1. The van der Waals surface area contributed by atoms with Gasteiger partial charge in [-0.1, -0.05) is 0 Å². The molecule has 3 heterocycles. The molecule has 2 aliphatic heterocycles. The zero-order valence-corrected chi connectivity index (χ0v) is 14.3. The molecule has 2 saturated heterocycles. The number of nitrogens with zero attached hydrogens (tertiary/aromatic N) is 1. The average molecular weight is 379 g/mol. The van der Waals surface area contributed by atoms with Crippen LogP contribution in [0.25, 0.3) is 0 Å². The van der Waals surface area contributed by atoms with Crippen molar-refractivity contribution in [3.05, 3.63) is 33.1 Å². The van der Waals surface area contributed by atoms with Crippen molar-refractivity contribution in [2.45, 2.75) is 24.0 Å². The SMILES string of the molecule is COC[C@@]12CO[C@H]([C@H](n3ccc(=O)[nH]c3=O)O1)[C@@H]2NP(=O)(OC)OO. The summed E-state index contributed by atoms with van der Waals surface area (Å²) < 4.78 is 38.8. The lowest BCUT2D eigenvalue weighted by Gasteiger charge is -2.31. The fraction of sp³-hybridized carbons (Fsp3) is 0.667. The van der Waals surface area contributed by atoms with Crippen molar-refractivity contribution in [3.8, 4) is 0 Å². The Morgan fingerprint density at radius 3 is 2.88 bits per heavy atom. The average Bonchev–Trinajstić information content (AvgIpc) is 3.06. The highest BCUT2D eigenvalue weighted by Crippen LogP contribution is 2.51. The van der Waals surface area contributed by atoms with Crippen LogP contribution < -0.4 is 16.3 Å².